The smallest absolute Gasteiger partial charge is 0.236 e. The van der Waals surface area contributed by atoms with E-state index < -0.39 is 0 Å². The first-order valence-corrected chi connectivity index (χ1v) is 14.1. The average molecular weight is 549 g/mol. The molecule has 40 heavy (non-hydrogen) atoms. The maximum atomic E-state index is 13.6. The molecule has 2 saturated heterocycles. The Hall–Kier alpha value is -3.72. The molecule has 2 bridgehead atoms. The third kappa shape index (κ3) is 7.07. The van der Waals surface area contributed by atoms with Crippen molar-refractivity contribution in [1.29, 1.82) is 0 Å². The molecule has 0 aliphatic carbocycles. The van der Waals surface area contributed by atoms with Crippen LogP contribution in [0.15, 0.2) is 60.7 Å². The van der Waals surface area contributed by atoms with Gasteiger partial charge in [0.05, 0.1) is 6.54 Å². The van der Waals surface area contributed by atoms with Gasteiger partial charge in [0.1, 0.15) is 18.2 Å². The fourth-order valence-corrected chi connectivity index (χ4v) is 5.85. The van der Waals surface area contributed by atoms with E-state index in [9.17, 15) is 18.8 Å². The molecule has 2 fully saturated rings. The number of halogens is 1. The number of benzene rings is 2. The Balaban J connectivity index is 1.32. The molecule has 0 saturated carbocycles. The first-order valence-electron chi connectivity index (χ1n) is 14.1. The molecule has 9 heteroatoms. The Bertz CT molecular complexity index is 1210. The number of para-hydroxylation sites is 1. The molecule has 0 spiro atoms. The number of hydrogen-bond donors (Lipinski definition) is 0. The van der Waals surface area contributed by atoms with Gasteiger partial charge in [0.2, 0.25) is 18.2 Å². The van der Waals surface area contributed by atoms with Gasteiger partial charge in [0, 0.05) is 64.3 Å². The lowest BCUT2D eigenvalue weighted by molar-refractivity contribution is -0.138. The van der Waals surface area contributed by atoms with Crippen molar-refractivity contribution in [3.8, 4) is 5.75 Å². The molecule has 3 aliphatic rings. The summed E-state index contributed by atoms with van der Waals surface area (Å²) >= 11 is 0. The summed E-state index contributed by atoms with van der Waals surface area (Å²) < 4.78 is 19.7. The van der Waals surface area contributed by atoms with E-state index in [1.54, 1.807) is 17.0 Å². The number of carbonyl (C=O) groups excluding carboxylic acids is 3. The fraction of sp³-hybridized carbons (Fsp3) is 0.452. The summed E-state index contributed by atoms with van der Waals surface area (Å²) in [6, 6.07) is 14.2. The lowest BCUT2D eigenvalue weighted by atomic mass is 9.82. The Morgan fingerprint density at radius 3 is 2.55 bits per heavy atom. The summed E-state index contributed by atoms with van der Waals surface area (Å²) in [7, 11) is 0. The normalized spacial score (nSPS) is 22.4. The predicted octanol–water partition coefficient (Wildman–Crippen LogP) is 2.93. The van der Waals surface area contributed by atoms with Gasteiger partial charge in [-0.1, -0.05) is 42.5 Å². The van der Waals surface area contributed by atoms with E-state index in [0.29, 0.717) is 65.4 Å². The van der Waals surface area contributed by atoms with Crippen LogP contribution >= 0.6 is 0 Å². The molecule has 2 aromatic carbocycles. The van der Waals surface area contributed by atoms with Crippen molar-refractivity contribution >= 4 is 18.2 Å². The highest BCUT2D eigenvalue weighted by Gasteiger charge is 2.33. The average Bonchev–Trinajstić information content (AvgIpc) is 2.98. The third-order valence-corrected chi connectivity index (χ3v) is 8.18. The van der Waals surface area contributed by atoms with Gasteiger partial charge in [-0.25, -0.2) is 4.39 Å². The summed E-state index contributed by atoms with van der Waals surface area (Å²) in [5, 5.41) is 0. The highest BCUT2D eigenvalue weighted by atomic mass is 19.1. The predicted molar refractivity (Wildman–Crippen MR) is 149 cm³/mol. The molecule has 5 rings (SSSR count). The van der Waals surface area contributed by atoms with Crippen LogP contribution in [0.5, 0.6) is 5.75 Å². The van der Waals surface area contributed by atoms with E-state index in [2.05, 4.69) is 11.0 Å². The summed E-state index contributed by atoms with van der Waals surface area (Å²) in [4.78, 5) is 45.3. The Morgan fingerprint density at radius 2 is 1.77 bits per heavy atom. The SMILES string of the molecule is O=CN1CCN(C(=O)C[C@@H]2CCN3C[C@@H]2C=CCOc2ccccc2CN(Cc2ccc(F)cc2)CC3=O)CC1. The van der Waals surface area contributed by atoms with Crippen molar-refractivity contribution in [2.24, 2.45) is 11.8 Å². The van der Waals surface area contributed by atoms with Crippen molar-refractivity contribution < 1.29 is 23.5 Å². The zero-order chi connectivity index (χ0) is 27.9. The molecule has 212 valence electrons. The molecule has 0 unspecified atom stereocenters. The monoisotopic (exact) mass is 548 g/mol. The summed E-state index contributed by atoms with van der Waals surface area (Å²) in [5.74, 6) is 0.821. The van der Waals surface area contributed by atoms with Gasteiger partial charge in [-0.15, -0.1) is 0 Å². The molecule has 2 atom stereocenters. The lowest BCUT2D eigenvalue weighted by Crippen LogP contribution is -2.50. The number of nitrogens with zero attached hydrogens (tertiary/aromatic N) is 4. The quantitative estimate of drug-likeness (QED) is 0.425. The molecular weight excluding hydrogens is 511 g/mol. The van der Waals surface area contributed by atoms with Crippen LogP contribution in [0.1, 0.15) is 24.0 Å². The summed E-state index contributed by atoms with van der Waals surface area (Å²) in [6.07, 6.45) is 6.13. The molecule has 0 radical (unpaired) electrons. The second-order valence-electron chi connectivity index (χ2n) is 10.9. The molecule has 0 aromatic heterocycles. The van der Waals surface area contributed by atoms with Gasteiger partial charge < -0.3 is 19.4 Å². The van der Waals surface area contributed by atoms with Crippen molar-refractivity contribution in [2.45, 2.75) is 25.9 Å². The molecule has 3 heterocycles. The summed E-state index contributed by atoms with van der Waals surface area (Å²) in [5.41, 5.74) is 1.92. The molecule has 2 aromatic rings. The first-order chi connectivity index (χ1) is 19.5. The molecule has 0 N–H and O–H groups in total. The fourth-order valence-electron chi connectivity index (χ4n) is 5.85. The zero-order valence-corrected chi connectivity index (χ0v) is 22.8. The number of carbonyl (C=O) groups is 3. The largest absolute Gasteiger partial charge is 0.489 e. The van der Waals surface area contributed by atoms with Crippen LogP contribution in [0.2, 0.25) is 0 Å². The van der Waals surface area contributed by atoms with Crippen molar-refractivity contribution in [3.05, 3.63) is 77.6 Å². The highest BCUT2D eigenvalue weighted by Crippen LogP contribution is 2.30. The second kappa shape index (κ2) is 13.1. The Kier molecular flexibility index (Phi) is 9.11. The van der Waals surface area contributed by atoms with Crippen LogP contribution in [0.4, 0.5) is 4.39 Å². The third-order valence-electron chi connectivity index (χ3n) is 8.18. The van der Waals surface area contributed by atoms with Crippen molar-refractivity contribution in [3.63, 3.8) is 0 Å². The lowest BCUT2D eigenvalue weighted by Gasteiger charge is -2.39. The number of ether oxygens (including phenoxy) is 1. The van der Waals surface area contributed by atoms with Gasteiger partial charge in [0.25, 0.3) is 0 Å². The molecule has 8 nitrogen and oxygen atoms in total. The Labute approximate surface area is 235 Å². The molecular formula is C31H37FN4O4. The minimum absolute atomic E-state index is 0.0445. The topological polar surface area (TPSA) is 73.4 Å². The maximum Gasteiger partial charge on any atom is 0.236 e. The van der Waals surface area contributed by atoms with Crippen LogP contribution in [0.3, 0.4) is 0 Å². The number of rotatable bonds is 5. The van der Waals surface area contributed by atoms with Crippen molar-refractivity contribution in [1.82, 2.24) is 19.6 Å². The first kappa shape index (κ1) is 27.8. The standard InChI is InChI=1S/C31H37FN4O4/c32-28-9-7-24(8-10-28)19-34-20-27-4-1-2-6-29(27)40-17-3-5-26-21-36(31(39)22-34)12-11-25(26)18-30(38)35-15-13-33(23-37)14-16-35/h1-10,23,25-26H,11-22H2/t25-,26-/m0/s1. The number of hydrogen-bond acceptors (Lipinski definition) is 5. The van der Waals surface area contributed by atoms with E-state index in [4.69, 9.17) is 4.74 Å². The maximum absolute atomic E-state index is 13.6. The van der Waals surface area contributed by atoms with Gasteiger partial charge in [-0.3, -0.25) is 19.3 Å². The minimum Gasteiger partial charge on any atom is -0.489 e. The van der Waals surface area contributed by atoms with E-state index >= 15 is 0 Å². The van der Waals surface area contributed by atoms with Crippen LogP contribution < -0.4 is 4.74 Å². The number of piperidine rings is 1. The van der Waals surface area contributed by atoms with Gasteiger partial charge in [-0.05, 0) is 42.0 Å². The minimum atomic E-state index is -0.286. The number of amides is 3. The van der Waals surface area contributed by atoms with Crippen molar-refractivity contribution in [2.75, 3.05) is 52.4 Å². The van der Waals surface area contributed by atoms with Crippen LogP contribution in [0, 0.1) is 17.7 Å². The van der Waals surface area contributed by atoms with E-state index in [-0.39, 0.29) is 36.0 Å². The van der Waals surface area contributed by atoms with Gasteiger partial charge in [0.15, 0.2) is 0 Å². The number of piperazine rings is 1. The van der Waals surface area contributed by atoms with Crippen LogP contribution in [0.25, 0.3) is 0 Å². The molecule has 3 aliphatic heterocycles. The van der Waals surface area contributed by atoms with E-state index in [1.807, 2.05) is 40.1 Å². The second-order valence-corrected chi connectivity index (χ2v) is 10.9. The van der Waals surface area contributed by atoms with Crippen LogP contribution in [-0.4, -0.2) is 90.2 Å². The van der Waals surface area contributed by atoms with Gasteiger partial charge >= 0.3 is 0 Å². The Morgan fingerprint density at radius 1 is 1.00 bits per heavy atom. The highest BCUT2D eigenvalue weighted by molar-refractivity contribution is 5.79. The zero-order valence-electron chi connectivity index (χ0n) is 22.8. The number of fused-ring (bicyclic) bond motifs is 3. The van der Waals surface area contributed by atoms with Crippen LogP contribution in [-0.2, 0) is 27.5 Å². The molecule has 3 amide bonds. The van der Waals surface area contributed by atoms with E-state index in [1.165, 1.54) is 12.1 Å². The van der Waals surface area contributed by atoms with Gasteiger partial charge in [-0.2, -0.15) is 0 Å². The van der Waals surface area contributed by atoms with E-state index in [0.717, 1.165) is 29.7 Å². The summed E-state index contributed by atoms with van der Waals surface area (Å²) in [6.45, 7) is 5.08.